The lowest BCUT2D eigenvalue weighted by molar-refractivity contribution is 1.42. The summed E-state index contributed by atoms with van der Waals surface area (Å²) in [5.74, 6) is 0.288. The lowest BCUT2D eigenvalue weighted by atomic mass is 10.1. The maximum Gasteiger partial charge on any atom is 0.149 e. The fourth-order valence-corrected chi connectivity index (χ4v) is 1.27. The number of nitrogens with two attached hydrogens (primary N) is 3. The van der Waals surface area contributed by atoms with Crippen molar-refractivity contribution >= 4 is 28.1 Å². The van der Waals surface area contributed by atoms with Gasteiger partial charge in [-0.3, -0.25) is 0 Å². The summed E-state index contributed by atoms with van der Waals surface area (Å²) in [6.07, 6.45) is 0. The largest absolute Gasteiger partial charge is 0.396 e. The molecule has 0 fully saturated rings. The normalized spacial score (nSPS) is 10.5. The minimum Gasteiger partial charge on any atom is -0.396 e. The van der Waals surface area contributed by atoms with Crippen molar-refractivity contribution < 1.29 is 0 Å². The highest BCUT2D eigenvalue weighted by Gasteiger charge is 2.05. The molecule has 0 atom stereocenters. The molecule has 4 heteroatoms. The lowest BCUT2D eigenvalue weighted by Crippen LogP contribution is -2.03. The first-order valence-corrected chi connectivity index (χ1v) is 3.89. The van der Waals surface area contributed by atoms with E-state index in [1.54, 1.807) is 0 Å². The van der Waals surface area contributed by atoms with E-state index in [0.29, 0.717) is 11.4 Å². The number of nitrogen functional groups attached to an aromatic ring is 3. The van der Waals surface area contributed by atoms with Crippen molar-refractivity contribution in [1.29, 1.82) is 0 Å². The topological polar surface area (TPSA) is 90.9 Å². The number of fused-ring (bicyclic) bond motifs is 1. The van der Waals surface area contributed by atoms with Crippen molar-refractivity contribution in [3.63, 3.8) is 0 Å². The number of aromatic nitrogens is 1. The Morgan fingerprint density at radius 2 is 1.62 bits per heavy atom. The van der Waals surface area contributed by atoms with E-state index in [2.05, 4.69) is 4.98 Å². The molecular formula is C9H10N4. The Bertz CT molecular complexity index is 464. The third-order valence-corrected chi connectivity index (χ3v) is 2.00. The number of benzene rings is 1. The predicted octanol–water partition coefficient (Wildman–Crippen LogP) is 0.981. The second-order valence-corrected chi connectivity index (χ2v) is 2.84. The van der Waals surface area contributed by atoms with E-state index >= 15 is 0 Å². The molecule has 0 saturated carbocycles. The van der Waals surface area contributed by atoms with Gasteiger partial charge in [-0.1, -0.05) is 18.2 Å². The van der Waals surface area contributed by atoms with Crippen LogP contribution in [0.5, 0.6) is 0 Å². The zero-order valence-corrected chi connectivity index (χ0v) is 6.99. The van der Waals surface area contributed by atoms with Gasteiger partial charge >= 0.3 is 0 Å². The highest BCUT2D eigenvalue weighted by Crippen LogP contribution is 2.28. The van der Waals surface area contributed by atoms with Crippen molar-refractivity contribution in [3.05, 3.63) is 24.3 Å². The zero-order valence-electron chi connectivity index (χ0n) is 6.99. The Morgan fingerprint density at radius 1 is 0.923 bits per heavy atom. The number of rotatable bonds is 0. The van der Waals surface area contributed by atoms with Gasteiger partial charge in [0.15, 0.2) is 0 Å². The minimum atomic E-state index is 0.288. The molecule has 1 aromatic carbocycles. The van der Waals surface area contributed by atoms with Crippen molar-refractivity contribution in [2.24, 2.45) is 0 Å². The van der Waals surface area contributed by atoms with E-state index in [4.69, 9.17) is 17.2 Å². The fraction of sp³-hybridized carbons (Fsp3) is 0. The van der Waals surface area contributed by atoms with Gasteiger partial charge in [0.25, 0.3) is 0 Å². The highest BCUT2D eigenvalue weighted by atomic mass is 14.9. The third-order valence-electron chi connectivity index (χ3n) is 2.00. The molecule has 0 saturated heterocycles. The van der Waals surface area contributed by atoms with Crippen LogP contribution in [-0.4, -0.2) is 4.98 Å². The van der Waals surface area contributed by atoms with E-state index < -0.39 is 0 Å². The molecule has 1 aromatic heterocycles. The molecule has 6 N–H and O–H groups in total. The van der Waals surface area contributed by atoms with Crippen LogP contribution in [0.2, 0.25) is 0 Å². The van der Waals surface area contributed by atoms with Crippen molar-refractivity contribution in [2.45, 2.75) is 0 Å². The van der Waals surface area contributed by atoms with Gasteiger partial charge in [0.05, 0.1) is 16.9 Å². The van der Waals surface area contributed by atoms with E-state index in [9.17, 15) is 0 Å². The maximum atomic E-state index is 5.77. The zero-order chi connectivity index (χ0) is 9.42. The van der Waals surface area contributed by atoms with Crippen molar-refractivity contribution in [3.8, 4) is 0 Å². The van der Waals surface area contributed by atoms with Crippen LogP contribution in [0.4, 0.5) is 17.2 Å². The second kappa shape index (κ2) is 2.52. The van der Waals surface area contributed by atoms with E-state index in [1.165, 1.54) is 0 Å². The first-order valence-electron chi connectivity index (χ1n) is 3.89. The smallest absolute Gasteiger partial charge is 0.149 e. The molecule has 13 heavy (non-hydrogen) atoms. The van der Waals surface area contributed by atoms with Crippen LogP contribution in [0.15, 0.2) is 24.3 Å². The van der Waals surface area contributed by atoms with Crippen molar-refractivity contribution in [2.75, 3.05) is 17.2 Å². The molecule has 4 nitrogen and oxygen atoms in total. The molecule has 0 aliphatic carbocycles. The predicted molar refractivity (Wildman–Crippen MR) is 55.0 cm³/mol. The maximum absolute atomic E-state index is 5.77. The summed E-state index contributed by atoms with van der Waals surface area (Å²) in [6.45, 7) is 0. The number of pyridine rings is 1. The number of para-hydroxylation sites is 1. The summed E-state index contributed by atoms with van der Waals surface area (Å²) in [5, 5.41) is 0.842. The Morgan fingerprint density at radius 3 is 2.38 bits per heavy atom. The lowest BCUT2D eigenvalue weighted by Gasteiger charge is -2.06. The fourth-order valence-electron chi connectivity index (χ4n) is 1.27. The molecule has 2 aromatic rings. The number of nitrogens with zero attached hydrogens (tertiary/aromatic N) is 1. The number of anilines is 3. The number of hydrogen-bond acceptors (Lipinski definition) is 4. The van der Waals surface area contributed by atoms with Crippen LogP contribution in [0, 0.1) is 0 Å². The quantitative estimate of drug-likeness (QED) is 0.555. The summed E-state index contributed by atoms with van der Waals surface area (Å²) in [4.78, 5) is 4.11. The summed E-state index contributed by atoms with van der Waals surface area (Å²) >= 11 is 0. The van der Waals surface area contributed by atoms with E-state index in [1.807, 2.05) is 24.3 Å². The molecule has 2 rings (SSSR count). The molecule has 0 spiro atoms. The van der Waals surface area contributed by atoms with Gasteiger partial charge in [-0.2, -0.15) is 0 Å². The third kappa shape index (κ3) is 1.03. The first-order chi connectivity index (χ1) is 6.20. The molecule has 66 valence electrons. The standard InChI is InChI=1S/C9H10N4/c10-7-5-3-1-2-4-6(5)13-9(12)8(7)11/h1-4H,11H2,(H4,10,12,13). The van der Waals surface area contributed by atoms with Gasteiger partial charge < -0.3 is 17.2 Å². The molecule has 0 aliphatic heterocycles. The summed E-state index contributed by atoms with van der Waals surface area (Å²) in [6, 6.07) is 7.48. The summed E-state index contributed by atoms with van der Waals surface area (Å²) < 4.78 is 0. The van der Waals surface area contributed by atoms with E-state index in [0.717, 1.165) is 10.9 Å². The van der Waals surface area contributed by atoms with Gasteiger partial charge in [0, 0.05) is 5.39 Å². The van der Waals surface area contributed by atoms with Gasteiger partial charge in [-0.25, -0.2) is 4.98 Å². The molecule has 0 radical (unpaired) electrons. The summed E-state index contributed by atoms with van der Waals surface area (Å²) in [7, 11) is 0. The Kier molecular flexibility index (Phi) is 1.48. The Balaban J connectivity index is 2.94. The molecular weight excluding hydrogens is 164 g/mol. The average molecular weight is 174 g/mol. The van der Waals surface area contributed by atoms with Crippen LogP contribution in [-0.2, 0) is 0 Å². The SMILES string of the molecule is Nc1nc2ccccc2c(N)c1N. The highest BCUT2D eigenvalue weighted by molar-refractivity contribution is 5.99. The average Bonchev–Trinajstić information content (AvgIpc) is 2.15. The molecule has 0 unspecified atom stereocenters. The van der Waals surface area contributed by atoms with Crippen LogP contribution < -0.4 is 17.2 Å². The molecule has 1 heterocycles. The van der Waals surface area contributed by atoms with Gasteiger partial charge in [0.1, 0.15) is 5.82 Å². The minimum absolute atomic E-state index is 0.288. The van der Waals surface area contributed by atoms with Crippen molar-refractivity contribution in [1.82, 2.24) is 4.98 Å². The number of hydrogen-bond donors (Lipinski definition) is 3. The van der Waals surface area contributed by atoms with Crippen LogP contribution in [0.3, 0.4) is 0 Å². The molecule has 0 amide bonds. The van der Waals surface area contributed by atoms with Gasteiger partial charge in [-0.15, -0.1) is 0 Å². The monoisotopic (exact) mass is 174 g/mol. The van der Waals surface area contributed by atoms with Crippen LogP contribution >= 0.6 is 0 Å². The van der Waals surface area contributed by atoms with Crippen LogP contribution in [0.1, 0.15) is 0 Å². The first kappa shape index (κ1) is 7.67. The summed E-state index contributed by atoms with van der Waals surface area (Å²) in [5.41, 5.74) is 18.6. The Hall–Kier alpha value is -1.97. The van der Waals surface area contributed by atoms with Crippen LogP contribution in [0.25, 0.3) is 10.9 Å². The molecule has 0 aliphatic rings. The Labute approximate surface area is 75.4 Å². The van der Waals surface area contributed by atoms with Gasteiger partial charge in [0.2, 0.25) is 0 Å². The van der Waals surface area contributed by atoms with E-state index in [-0.39, 0.29) is 5.82 Å². The van der Waals surface area contributed by atoms with Gasteiger partial charge in [-0.05, 0) is 6.07 Å². The molecule has 0 bridgehead atoms. The second-order valence-electron chi connectivity index (χ2n) is 2.84.